The number of hydrogen-bond donors (Lipinski definition) is 1. The van der Waals surface area contributed by atoms with Gasteiger partial charge in [0.05, 0.1) is 20.4 Å². The zero-order valence-corrected chi connectivity index (χ0v) is 11.5. The SMILES string of the molecule is COc1ccc(/C=N/NC(=S)SC)c(OC)c1. The van der Waals surface area contributed by atoms with Crippen molar-refractivity contribution in [2.45, 2.75) is 0 Å². The number of methoxy groups -OCH3 is 2. The van der Waals surface area contributed by atoms with Crippen LogP contribution in [0.1, 0.15) is 5.56 Å². The van der Waals surface area contributed by atoms with Crippen molar-refractivity contribution in [2.75, 3.05) is 20.5 Å². The van der Waals surface area contributed by atoms with Gasteiger partial charge in [-0.1, -0.05) is 24.0 Å². The Kier molecular flexibility index (Phi) is 5.79. The summed E-state index contributed by atoms with van der Waals surface area (Å²) in [5, 5.41) is 4.02. The fourth-order valence-corrected chi connectivity index (χ4v) is 1.32. The van der Waals surface area contributed by atoms with Gasteiger partial charge in [-0.15, -0.1) is 0 Å². The first-order valence-electron chi connectivity index (χ1n) is 4.80. The van der Waals surface area contributed by atoms with Gasteiger partial charge in [0.15, 0.2) is 4.32 Å². The fourth-order valence-electron chi connectivity index (χ4n) is 1.13. The van der Waals surface area contributed by atoms with Crippen LogP contribution in [-0.2, 0) is 0 Å². The molecule has 1 N–H and O–H groups in total. The van der Waals surface area contributed by atoms with Crippen LogP contribution in [0.5, 0.6) is 11.5 Å². The molecule has 1 aromatic carbocycles. The summed E-state index contributed by atoms with van der Waals surface area (Å²) in [4.78, 5) is 0. The smallest absolute Gasteiger partial charge is 0.153 e. The van der Waals surface area contributed by atoms with E-state index in [0.29, 0.717) is 10.1 Å². The van der Waals surface area contributed by atoms with Crippen LogP contribution < -0.4 is 14.9 Å². The summed E-state index contributed by atoms with van der Waals surface area (Å²) in [7, 11) is 3.22. The molecule has 0 aliphatic heterocycles. The fraction of sp³-hybridized carbons (Fsp3) is 0.273. The quantitative estimate of drug-likeness (QED) is 0.516. The Hall–Kier alpha value is -1.27. The van der Waals surface area contributed by atoms with Crippen molar-refractivity contribution in [1.82, 2.24) is 5.43 Å². The molecule has 92 valence electrons. The number of hydrazone groups is 1. The van der Waals surface area contributed by atoms with Gasteiger partial charge in [-0.2, -0.15) is 5.10 Å². The van der Waals surface area contributed by atoms with Gasteiger partial charge in [0, 0.05) is 11.6 Å². The van der Waals surface area contributed by atoms with Gasteiger partial charge in [0.25, 0.3) is 0 Å². The largest absolute Gasteiger partial charge is 0.497 e. The van der Waals surface area contributed by atoms with Crippen molar-refractivity contribution in [3.05, 3.63) is 23.8 Å². The first kappa shape index (κ1) is 13.8. The number of thioether (sulfide) groups is 1. The van der Waals surface area contributed by atoms with Crippen LogP contribution in [0.3, 0.4) is 0 Å². The molecule has 0 atom stereocenters. The molecule has 6 heteroatoms. The molecular weight excluding hydrogens is 256 g/mol. The maximum atomic E-state index is 5.23. The topological polar surface area (TPSA) is 42.8 Å². The molecule has 0 unspecified atom stereocenters. The highest BCUT2D eigenvalue weighted by Crippen LogP contribution is 2.22. The molecule has 0 aliphatic rings. The minimum absolute atomic E-state index is 0.619. The molecule has 1 rings (SSSR count). The zero-order chi connectivity index (χ0) is 12.7. The van der Waals surface area contributed by atoms with Crippen molar-refractivity contribution in [3.8, 4) is 11.5 Å². The maximum absolute atomic E-state index is 5.23. The molecule has 0 bridgehead atoms. The molecule has 0 amide bonds. The lowest BCUT2D eigenvalue weighted by molar-refractivity contribution is 0.394. The van der Waals surface area contributed by atoms with Gasteiger partial charge >= 0.3 is 0 Å². The van der Waals surface area contributed by atoms with Crippen molar-refractivity contribution in [1.29, 1.82) is 0 Å². The Morgan fingerprint density at radius 2 is 2.18 bits per heavy atom. The molecule has 0 aliphatic carbocycles. The second-order valence-corrected chi connectivity index (χ2v) is 4.45. The van der Waals surface area contributed by atoms with Crippen LogP contribution in [0, 0.1) is 0 Å². The second-order valence-electron chi connectivity index (χ2n) is 2.97. The number of hydrogen-bond acceptors (Lipinski definition) is 5. The normalized spacial score (nSPS) is 10.3. The third kappa shape index (κ3) is 4.24. The van der Waals surface area contributed by atoms with Crippen LogP contribution in [-0.4, -0.2) is 31.0 Å². The molecule has 17 heavy (non-hydrogen) atoms. The van der Waals surface area contributed by atoms with Crippen molar-refractivity contribution < 1.29 is 9.47 Å². The number of benzene rings is 1. The molecule has 0 radical (unpaired) electrons. The van der Waals surface area contributed by atoms with Gasteiger partial charge in [0.1, 0.15) is 11.5 Å². The van der Waals surface area contributed by atoms with Crippen LogP contribution in [0.15, 0.2) is 23.3 Å². The van der Waals surface area contributed by atoms with E-state index >= 15 is 0 Å². The van der Waals surface area contributed by atoms with E-state index in [4.69, 9.17) is 21.7 Å². The van der Waals surface area contributed by atoms with Gasteiger partial charge in [-0.05, 0) is 18.4 Å². The number of nitrogens with one attached hydrogen (secondary N) is 1. The lowest BCUT2D eigenvalue weighted by Gasteiger charge is -2.06. The summed E-state index contributed by atoms with van der Waals surface area (Å²) in [6.45, 7) is 0. The van der Waals surface area contributed by atoms with E-state index in [1.807, 2.05) is 18.4 Å². The van der Waals surface area contributed by atoms with Crippen molar-refractivity contribution in [2.24, 2.45) is 5.10 Å². The highest BCUT2D eigenvalue weighted by Gasteiger charge is 2.02. The number of nitrogens with zero attached hydrogens (tertiary/aromatic N) is 1. The first-order chi connectivity index (χ1) is 8.21. The van der Waals surface area contributed by atoms with E-state index in [1.54, 1.807) is 26.5 Å². The molecule has 1 aromatic rings. The monoisotopic (exact) mass is 270 g/mol. The highest BCUT2D eigenvalue weighted by molar-refractivity contribution is 8.22. The maximum Gasteiger partial charge on any atom is 0.153 e. The summed E-state index contributed by atoms with van der Waals surface area (Å²) < 4.78 is 11.0. The predicted molar refractivity (Wildman–Crippen MR) is 76.4 cm³/mol. The molecule has 0 saturated heterocycles. The van der Waals surface area contributed by atoms with Crippen LogP contribution in [0.4, 0.5) is 0 Å². The summed E-state index contributed by atoms with van der Waals surface area (Å²) in [5.41, 5.74) is 3.59. The molecule has 0 spiro atoms. The minimum Gasteiger partial charge on any atom is -0.497 e. The zero-order valence-electron chi connectivity index (χ0n) is 9.89. The van der Waals surface area contributed by atoms with E-state index in [-0.39, 0.29) is 0 Å². The van der Waals surface area contributed by atoms with E-state index in [1.165, 1.54) is 11.8 Å². The van der Waals surface area contributed by atoms with Gasteiger partial charge < -0.3 is 9.47 Å². The molecular formula is C11H14N2O2S2. The minimum atomic E-state index is 0.619. The standard InChI is InChI=1S/C11H14N2O2S2/c1-14-9-5-4-8(10(6-9)15-2)7-12-13-11(16)17-3/h4-7H,1-3H3,(H,13,16)/b12-7+. The third-order valence-electron chi connectivity index (χ3n) is 1.99. The number of thiocarbonyl (C=S) groups is 1. The summed E-state index contributed by atoms with van der Waals surface area (Å²) in [6.07, 6.45) is 3.54. The highest BCUT2D eigenvalue weighted by atomic mass is 32.2. The first-order valence-corrected chi connectivity index (χ1v) is 6.43. The van der Waals surface area contributed by atoms with Crippen LogP contribution in [0.25, 0.3) is 0 Å². The summed E-state index contributed by atoms with van der Waals surface area (Å²) in [5.74, 6) is 1.44. The summed E-state index contributed by atoms with van der Waals surface area (Å²) >= 11 is 6.39. The van der Waals surface area contributed by atoms with Crippen LogP contribution >= 0.6 is 24.0 Å². The molecule has 0 aromatic heterocycles. The Morgan fingerprint density at radius 3 is 2.76 bits per heavy atom. The molecule has 4 nitrogen and oxygen atoms in total. The van der Waals surface area contributed by atoms with E-state index in [0.717, 1.165) is 11.3 Å². The van der Waals surface area contributed by atoms with Crippen molar-refractivity contribution in [3.63, 3.8) is 0 Å². The average Bonchev–Trinajstić information content (AvgIpc) is 2.38. The molecule has 0 heterocycles. The summed E-state index contributed by atoms with van der Waals surface area (Å²) in [6, 6.07) is 5.51. The van der Waals surface area contributed by atoms with E-state index in [9.17, 15) is 0 Å². The Balaban J connectivity index is 2.79. The lowest BCUT2D eigenvalue weighted by Crippen LogP contribution is -2.10. The Labute approximate surface area is 110 Å². The van der Waals surface area contributed by atoms with Crippen LogP contribution in [0.2, 0.25) is 0 Å². The Bertz CT molecular complexity index is 422. The predicted octanol–water partition coefficient (Wildman–Crippen LogP) is 2.28. The van der Waals surface area contributed by atoms with Gasteiger partial charge in [0.2, 0.25) is 0 Å². The third-order valence-corrected chi connectivity index (χ3v) is 3.04. The Morgan fingerprint density at radius 1 is 1.41 bits per heavy atom. The number of ether oxygens (including phenoxy) is 2. The van der Waals surface area contributed by atoms with E-state index in [2.05, 4.69) is 10.5 Å². The number of rotatable bonds is 4. The van der Waals surface area contributed by atoms with E-state index < -0.39 is 0 Å². The van der Waals surface area contributed by atoms with Crippen molar-refractivity contribution >= 4 is 34.5 Å². The van der Waals surface area contributed by atoms with Gasteiger partial charge in [-0.25, -0.2) is 0 Å². The molecule has 0 saturated carbocycles. The average molecular weight is 270 g/mol. The lowest BCUT2D eigenvalue weighted by atomic mass is 10.2. The second kappa shape index (κ2) is 7.13. The molecule has 0 fully saturated rings. The van der Waals surface area contributed by atoms with Gasteiger partial charge in [-0.3, -0.25) is 5.43 Å².